The second-order valence-corrected chi connectivity index (χ2v) is 5.87. The first kappa shape index (κ1) is 18.2. The summed E-state index contributed by atoms with van der Waals surface area (Å²) in [6.45, 7) is 1.25. The third-order valence-electron chi connectivity index (χ3n) is 3.53. The number of hydrogen-bond donors (Lipinski definition) is 1. The lowest BCUT2D eigenvalue weighted by molar-refractivity contribution is -0.131. The standard InChI is InChI=1S/C14H17N3OS.2ClH/c15-8-7-13(18)17-9-3-5-11(17)14-16-10-4-1-2-6-12(10)19-14;;/h1-2,4,6,11H,3,5,7-9,15H2;2*1H. The van der Waals surface area contributed by atoms with Gasteiger partial charge in [0.2, 0.25) is 5.91 Å². The number of thiazole rings is 1. The monoisotopic (exact) mass is 347 g/mol. The molecular formula is C14H19Cl2N3OS. The van der Waals surface area contributed by atoms with Gasteiger partial charge >= 0.3 is 0 Å². The van der Waals surface area contributed by atoms with E-state index >= 15 is 0 Å². The van der Waals surface area contributed by atoms with Crippen LogP contribution < -0.4 is 5.73 Å². The SMILES string of the molecule is Cl.Cl.NCCC(=O)N1CCCC1c1nc2ccccc2s1. The van der Waals surface area contributed by atoms with Crippen LogP contribution in [0.3, 0.4) is 0 Å². The van der Waals surface area contributed by atoms with Crippen molar-refractivity contribution in [2.24, 2.45) is 5.73 Å². The van der Waals surface area contributed by atoms with Gasteiger partial charge in [-0.15, -0.1) is 36.2 Å². The van der Waals surface area contributed by atoms with E-state index < -0.39 is 0 Å². The second kappa shape index (κ2) is 7.94. The van der Waals surface area contributed by atoms with Crippen LogP contribution in [0.4, 0.5) is 0 Å². The van der Waals surface area contributed by atoms with Crippen LogP contribution in [0.15, 0.2) is 24.3 Å². The molecule has 2 heterocycles. The normalized spacial score (nSPS) is 17.4. The van der Waals surface area contributed by atoms with Gasteiger partial charge in [-0.25, -0.2) is 4.98 Å². The predicted octanol–water partition coefficient (Wildman–Crippen LogP) is 3.15. The van der Waals surface area contributed by atoms with Crippen molar-refractivity contribution in [1.29, 1.82) is 0 Å². The highest BCUT2D eigenvalue weighted by atomic mass is 35.5. The molecule has 4 nitrogen and oxygen atoms in total. The van der Waals surface area contributed by atoms with Crippen molar-refractivity contribution >= 4 is 52.3 Å². The number of para-hydroxylation sites is 1. The first-order valence-electron chi connectivity index (χ1n) is 6.64. The van der Waals surface area contributed by atoms with Crippen molar-refractivity contribution in [3.8, 4) is 0 Å². The Labute approximate surface area is 140 Å². The fourth-order valence-electron chi connectivity index (χ4n) is 2.62. The number of aromatic nitrogens is 1. The highest BCUT2D eigenvalue weighted by molar-refractivity contribution is 7.18. The summed E-state index contributed by atoms with van der Waals surface area (Å²) in [6.07, 6.45) is 2.49. The molecule has 0 spiro atoms. The summed E-state index contributed by atoms with van der Waals surface area (Å²) in [6, 6.07) is 8.28. The molecule has 1 aliphatic rings. The van der Waals surface area contributed by atoms with E-state index in [9.17, 15) is 4.79 Å². The van der Waals surface area contributed by atoms with Crippen molar-refractivity contribution in [2.75, 3.05) is 13.1 Å². The van der Waals surface area contributed by atoms with Gasteiger partial charge in [-0.05, 0) is 25.0 Å². The van der Waals surface area contributed by atoms with Gasteiger partial charge in [-0.1, -0.05) is 12.1 Å². The lowest BCUT2D eigenvalue weighted by Crippen LogP contribution is -2.31. The predicted molar refractivity (Wildman–Crippen MR) is 91.5 cm³/mol. The number of carbonyl (C=O) groups excluding carboxylic acids is 1. The third-order valence-corrected chi connectivity index (χ3v) is 4.66. The zero-order valence-corrected chi connectivity index (χ0v) is 14.0. The van der Waals surface area contributed by atoms with Crippen molar-refractivity contribution in [3.05, 3.63) is 29.3 Å². The minimum atomic E-state index is 0. The Balaban J connectivity index is 0.00000110. The van der Waals surface area contributed by atoms with Crippen LogP contribution in [0.1, 0.15) is 30.3 Å². The molecule has 0 bridgehead atoms. The van der Waals surface area contributed by atoms with Gasteiger partial charge in [0.05, 0.1) is 16.3 Å². The van der Waals surface area contributed by atoms with Crippen LogP contribution >= 0.6 is 36.2 Å². The van der Waals surface area contributed by atoms with Crippen molar-refractivity contribution < 1.29 is 4.79 Å². The molecule has 1 aliphatic heterocycles. The van der Waals surface area contributed by atoms with Crippen LogP contribution in [0.25, 0.3) is 10.2 Å². The maximum Gasteiger partial charge on any atom is 0.224 e. The number of fused-ring (bicyclic) bond motifs is 1. The van der Waals surface area contributed by atoms with E-state index in [0.29, 0.717) is 13.0 Å². The molecule has 0 radical (unpaired) electrons. The number of nitrogens with zero attached hydrogens (tertiary/aromatic N) is 2. The summed E-state index contributed by atoms with van der Waals surface area (Å²) in [5.74, 6) is 0.157. The highest BCUT2D eigenvalue weighted by Crippen LogP contribution is 2.36. The van der Waals surface area contributed by atoms with E-state index in [-0.39, 0.29) is 36.8 Å². The number of benzene rings is 1. The van der Waals surface area contributed by atoms with Crippen molar-refractivity contribution in [3.63, 3.8) is 0 Å². The number of halogens is 2. The number of amides is 1. The lowest BCUT2D eigenvalue weighted by Gasteiger charge is -2.22. The third kappa shape index (κ3) is 3.66. The fourth-order valence-corrected chi connectivity index (χ4v) is 3.74. The van der Waals surface area contributed by atoms with E-state index in [1.807, 2.05) is 23.1 Å². The van der Waals surface area contributed by atoms with Crippen molar-refractivity contribution in [1.82, 2.24) is 9.88 Å². The molecule has 2 N–H and O–H groups in total. The van der Waals surface area contributed by atoms with Crippen LogP contribution in [0.2, 0.25) is 0 Å². The van der Waals surface area contributed by atoms with Crippen LogP contribution in [-0.4, -0.2) is 28.9 Å². The summed E-state index contributed by atoms with van der Waals surface area (Å²) in [7, 11) is 0. The Morgan fingerprint density at radius 1 is 1.38 bits per heavy atom. The van der Waals surface area contributed by atoms with Gasteiger partial charge in [0.15, 0.2) is 0 Å². The summed E-state index contributed by atoms with van der Waals surface area (Å²) < 4.78 is 1.19. The van der Waals surface area contributed by atoms with E-state index in [0.717, 1.165) is 29.9 Å². The summed E-state index contributed by atoms with van der Waals surface area (Å²) in [5, 5.41) is 1.06. The first-order chi connectivity index (χ1) is 9.29. The Kier molecular flexibility index (Phi) is 6.87. The van der Waals surface area contributed by atoms with Crippen LogP contribution in [0.5, 0.6) is 0 Å². The van der Waals surface area contributed by atoms with Gasteiger partial charge in [-0.2, -0.15) is 0 Å². The molecule has 1 aromatic heterocycles. The molecule has 116 valence electrons. The van der Waals surface area contributed by atoms with E-state index in [1.54, 1.807) is 11.3 Å². The smallest absolute Gasteiger partial charge is 0.224 e. The number of likely N-dealkylation sites (tertiary alicyclic amines) is 1. The molecule has 7 heteroatoms. The quantitative estimate of drug-likeness (QED) is 0.927. The van der Waals surface area contributed by atoms with E-state index in [1.165, 1.54) is 4.70 Å². The average Bonchev–Trinajstić information content (AvgIpc) is 3.05. The Bertz CT molecular complexity index is 572. The molecule has 1 aromatic carbocycles. The van der Waals surface area contributed by atoms with Gasteiger partial charge in [0.25, 0.3) is 0 Å². The molecule has 1 fully saturated rings. The zero-order valence-electron chi connectivity index (χ0n) is 11.5. The summed E-state index contributed by atoms with van der Waals surface area (Å²) in [4.78, 5) is 18.7. The van der Waals surface area contributed by atoms with Gasteiger partial charge in [-0.3, -0.25) is 4.79 Å². The Hall–Kier alpha value is -0.880. The maximum absolute atomic E-state index is 12.1. The molecule has 21 heavy (non-hydrogen) atoms. The minimum Gasteiger partial charge on any atom is -0.333 e. The number of hydrogen-bond acceptors (Lipinski definition) is 4. The lowest BCUT2D eigenvalue weighted by atomic mass is 10.2. The van der Waals surface area contributed by atoms with Crippen molar-refractivity contribution in [2.45, 2.75) is 25.3 Å². The molecular weight excluding hydrogens is 329 g/mol. The Morgan fingerprint density at radius 3 is 2.86 bits per heavy atom. The molecule has 0 aliphatic carbocycles. The van der Waals surface area contributed by atoms with Crippen LogP contribution in [0, 0.1) is 0 Å². The van der Waals surface area contributed by atoms with E-state index in [4.69, 9.17) is 5.73 Å². The first-order valence-corrected chi connectivity index (χ1v) is 7.46. The zero-order chi connectivity index (χ0) is 13.2. The summed E-state index contributed by atoms with van der Waals surface area (Å²) >= 11 is 1.70. The number of carbonyl (C=O) groups is 1. The molecule has 1 saturated heterocycles. The molecule has 1 amide bonds. The molecule has 0 saturated carbocycles. The van der Waals surface area contributed by atoms with E-state index in [2.05, 4.69) is 11.1 Å². The Morgan fingerprint density at radius 2 is 2.14 bits per heavy atom. The molecule has 1 unspecified atom stereocenters. The van der Waals surface area contributed by atoms with Gasteiger partial charge < -0.3 is 10.6 Å². The van der Waals surface area contributed by atoms with Gasteiger partial charge in [0, 0.05) is 19.5 Å². The van der Waals surface area contributed by atoms with Gasteiger partial charge in [0.1, 0.15) is 5.01 Å². The average molecular weight is 348 g/mol. The molecule has 2 aromatic rings. The number of nitrogens with two attached hydrogens (primary N) is 1. The molecule has 3 rings (SSSR count). The topological polar surface area (TPSA) is 59.2 Å². The maximum atomic E-state index is 12.1. The van der Waals surface area contributed by atoms with Crippen LogP contribution in [-0.2, 0) is 4.79 Å². The summed E-state index contributed by atoms with van der Waals surface area (Å²) in [5.41, 5.74) is 6.51. The largest absolute Gasteiger partial charge is 0.333 e. The molecule has 1 atom stereocenters. The fraction of sp³-hybridized carbons (Fsp3) is 0.429. The minimum absolute atomic E-state index is 0. The second-order valence-electron chi connectivity index (χ2n) is 4.80. The number of rotatable bonds is 3. The highest BCUT2D eigenvalue weighted by Gasteiger charge is 2.31.